The number of hydrogen-bond donors (Lipinski definition) is 3. The third-order valence-corrected chi connectivity index (χ3v) is 8.69. The van der Waals surface area contributed by atoms with Gasteiger partial charge in [-0.3, -0.25) is 0 Å². The summed E-state index contributed by atoms with van der Waals surface area (Å²) in [4.78, 5) is 0. The van der Waals surface area contributed by atoms with Crippen molar-refractivity contribution in [3.63, 3.8) is 0 Å². The summed E-state index contributed by atoms with van der Waals surface area (Å²) in [5.74, 6) is -114. The molecule has 0 heterocycles. The molecule has 7 N–H and O–H groups in total. The minimum atomic E-state index is -7.65. The van der Waals surface area contributed by atoms with Gasteiger partial charge in [0, 0.05) is 0 Å². The molecule has 0 spiro atoms. The first-order chi connectivity index (χ1) is 26.2. The van der Waals surface area contributed by atoms with Gasteiger partial charge in [-0.05, 0) is 0 Å². The van der Waals surface area contributed by atoms with Crippen LogP contribution in [0.3, 0.4) is 0 Å². The average molecular weight is 1080 g/mol. The maximum Gasteiger partial charge on any atom is 0.429 e. The molecule has 5 nitrogen and oxygen atoms in total. The zero-order chi connectivity index (χ0) is 52.5. The Bertz CT molecular complexity index is 1460. The zero-order valence-electron chi connectivity index (χ0n) is 27.6. The van der Waals surface area contributed by atoms with E-state index in [1.165, 1.54) is 0 Å². The van der Waals surface area contributed by atoms with Crippen molar-refractivity contribution in [3.8, 4) is 0 Å². The Morgan fingerprint density at radius 1 is 0.169 bits per heavy atom. The van der Waals surface area contributed by atoms with Crippen LogP contribution >= 0.6 is 0 Å². The maximum absolute atomic E-state index is 12.8. The first-order valence-electron chi connectivity index (χ1n) is 13.3. The molecule has 0 saturated heterocycles. The summed E-state index contributed by atoms with van der Waals surface area (Å²) in [6, 6.07) is 0. The van der Waals surface area contributed by atoms with Crippen LogP contribution < -0.4 is 0 Å². The molecule has 0 aromatic carbocycles. The summed E-state index contributed by atoms with van der Waals surface area (Å²) < 4.78 is 490. The van der Waals surface area contributed by atoms with Gasteiger partial charge in [-0.1, -0.05) is 0 Å². The normalized spacial score (nSPS) is 30.7. The third kappa shape index (κ3) is 6.15. The summed E-state index contributed by atoms with van der Waals surface area (Å²) in [6.07, 6.45) is -22.4. The Balaban J connectivity index is 0. The summed E-state index contributed by atoms with van der Waals surface area (Å²) in [5, 5.41) is 24.7. The molecule has 3 aliphatic carbocycles. The molecule has 65 heavy (non-hydrogen) atoms. The van der Waals surface area contributed by atoms with Gasteiger partial charge in [-0.2, -0.15) is 171 Å². The lowest BCUT2D eigenvalue weighted by Gasteiger charge is -2.53. The van der Waals surface area contributed by atoms with Crippen LogP contribution in [0.1, 0.15) is 0 Å². The maximum atomic E-state index is 12.8. The molecule has 0 aliphatic heterocycles. The lowest BCUT2D eigenvalue weighted by atomic mass is 9.70. The molecule has 0 unspecified atom stereocenters. The summed E-state index contributed by atoms with van der Waals surface area (Å²) >= 11 is 0. The van der Waals surface area contributed by atoms with E-state index in [9.17, 15) is 171 Å². The van der Waals surface area contributed by atoms with Gasteiger partial charge in [0.2, 0.25) is 0 Å². The van der Waals surface area contributed by atoms with Gasteiger partial charge in [0.15, 0.2) is 0 Å². The number of rotatable bonds is 0. The van der Waals surface area contributed by atoms with Crippen molar-refractivity contribution >= 4 is 0 Å². The van der Waals surface area contributed by atoms with Crippen molar-refractivity contribution in [1.82, 2.24) is 0 Å². The fraction of sp³-hybridized carbons (Fsp3) is 1.00. The van der Waals surface area contributed by atoms with Gasteiger partial charge < -0.3 is 26.3 Å². The first kappa shape index (κ1) is 64.2. The van der Waals surface area contributed by atoms with E-state index in [0.29, 0.717) is 0 Å². The Morgan fingerprint density at radius 3 is 0.292 bits per heavy atom. The summed E-state index contributed by atoms with van der Waals surface area (Å²) in [5.41, 5.74) is -22.2. The molecule has 0 aromatic heterocycles. The Morgan fingerprint density at radius 2 is 0.231 bits per heavy atom. The fourth-order valence-corrected chi connectivity index (χ4v) is 4.80. The number of hydrogen-bond acceptors (Lipinski definition) is 3. The smallest absolute Gasteiger partial charge is 0.412 e. The van der Waals surface area contributed by atoms with Crippen LogP contribution in [-0.2, 0) is 0 Å². The van der Waals surface area contributed by atoms with Crippen LogP contribution in [-0.4, -0.2) is 150 Å². The molecule has 0 radical (unpaired) electrons. The van der Waals surface area contributed by atoms with E-state index in [-0.39, 0.29) is 11.0 Å². The van der Waals surface area contributed by atoms with Crippen LogP contribution in [0.2, 0.25) is 0 Å². The molecule has 44 heteroatoms. The van der Waals surface area contributed by atoms with Gasteiger partial charge in [-0.15, -0.1) is 0 Å². The summed E-state index contributed by atoms with van der Waals surface area (Å²) in [6.45, 7) is 0. The van der Waals surface area contributed by atoms with Crippen LogP contribution in [0, 0.1) is 0 Å². The Hall–Kier alpha value is -2.93. The van der Waals surface area contributed by atoms with Gasteiger partial charge in [0.1, 0.15) is 0 Å². The molecule has 0 bridgehead atoms. The van der Waals surface area contributed by atoms with Gasteiger partial charge in [0.25, 0.3) is 0 Å². The third-order valence-electron chi connectivity index (χ3n) is 8.69. The first-order valence-corrected chi connectivity index (χ1v) is 13.3. The van der Waals surface area contributed by atoms with Crippen LogP contribution in [0.4, 0.5) is 171 Å². The van der Waals surface area contributed by atoms with E-state index >= 15 is 0 Å². The molecular formula is C21H7F39O5. The van der Waals surface area contributed by atoms with Crippen LogP contribution in [0.15, 0.2) is 0 Å². The average Bonchev–Trinajstić information content (AvgIpc) is 3.03. The largest absolute Gasteiger partial charge is 0.429 e. The topological polar surface area (TPSA) is 124 Å². The molecule has 3 fully saturated rings. The lowest BCUT2D eigenvalue weighted by Crippen LogP contribution is -2.88. The quantitative estimate of drug-likeness (QED) is 0.210. The highest BCUT2D eigenvalue weighted by atomic mass is 19.4. The fourth-order valence-electron chi connectivity index (χ4n) is 4.80. The summed E-state index contributed by atoms with van der Waals surface area (Å²) in [7, 11) is 0. The Kier molecular flexibility index (Phi) is 14.4. The molecule has 0 amide bonds. The van der Waals surface area contributed by atoms with Crippen LogP contribution in [0.5, 0.6) is 0 Å². The van der Waals surface area contributed by atoms with Gasteiger partial charge in [0.05, 0.1) is 0 Å². The minimum absolute atomic E-state index is 0. The lowest BCUT2D eigenvalue weighted by molar-refractivity contribution is -0.529. The monoisotopic (exact) mass is 1080 g/mol. The van der Waals surface area contributed by atoms with E-state index in [2.05, 4.69) is 0 Å². The van der Waals surface area contributed by atoms with Crippen molar-refractivity contribution in [2.45, 2.75) is 124 Å². The Labute approximate surface area is 323 Å². The second-order valence-electron chi connectivity index (χ2n) is 12.2. The highest BCUT2D eigenvalue weighted by Crippen LogP contribution is 2.74. The number of alkyl halides is 39. The molecule has 0 atom stereocenters. The van der Waals surface area contributed by atoms with Gasteiger partial charge in [-0.25, -0.2) is 0 Å². The van der Waals surface area contributed by atoms with E-state index < -0.39 is 124 Å². The second-order valence-corrected chi connectivity index (χ2v) is 12.2. The van der Waals surface area contributed by atoms with Gasteiger partial charge >= 0.3 is 124 Å². The molecule has 3 saturated carbocycles. The van der Waals surface area contributed by atoms with Crippen LogP contribution in [0.25, 0.3) is 0 Å². The minimum Gasteiger partial charge on any atom is -0.412 e. The highest BCUT2D eigenvalue weighted by molar-refractivity contribution is 5.30. The van der Waals surface area contributed by atoms with E-state index in [0.717, 1.165) is 0 Å². The van der Waals surface area contributed by atoms with Crippen molar-refractivity contribution in [2.24, 2.45) is 0 Å². The molecular weight excluding hydrogens is 1070 g/mol. The zero-order valence-corrected chi connectivity index (χ0v) is 27.6. The predicted molar refractivity (Wildman–Crippen MR) is 114 cm³/mol. The molecule has 3 rings (SSSR count). The predicted octanol–water partition coefficient (Wildman–Crippen LogP) is 8.76. The van der Waals surface area contributed by atoms with Crippen molar-refractivity contribution in [3.05, 3.63) is 0 Å². The highest BCUT2D eigenvalue weighted by Gasteiger charge is 3.07. The number of halogens is 39. The molecule has 0 aromatic rings. The van der Waals surface area contributed by atoms with Crippen molar-refractivity contribution in [2.75, 3.05) is 0 Å². The number of aliphatic hydroxyl groups is 3. The second kappa shape index (κ2) is 14.5. The van der Waals surface area contributed by atoms with E-state index in [1.807, 2.05) is 0 Å². The molecule has 3 aliphatic rings. The molecule has 394 valence electrons. The standard InChI is InChI=1S/3C7HF13O.2H2O/c3*8-2(9)1(21,7(18,19)20)3(10,11)5(14,15)6(16,17)4(2,12)13;;/h3*21H;2*1H2. The van der Waals surface area contributed by atoms with Crippen molar-refractivity contribution < 1.29 is 197 Å². The van der Waals surface area contributed by atoms with E-state index in [1.54, 1.807) is 0 Å². The van der Waals surface area contributed by atoms with Crippen molar-refractivity contribution in [1.29, 1.82) is 0 Å². The van der Waals surface area contributed by atoms with E-state index in [4.69, 9.17) is 15.3 Å². The SMILES string of the molecule is O.O.OC1(C(F)(F)F)C(F)(F)C(F)(F)C(F)(F)C(F)(F)C1(F)F.OC1(C(F)(F)F)C(F)(F)C(F)(F)C(F)(F)C(F)(F)C1(F)F.OC1(C(F)(F)F)C(F)(F)C(F)(F)C(F)(F)C(F)(F)C1(F)F.